The van der Waals surface area contributed by atoms with Crippen LogP contribution in [0.2, 0.25) is 0 Å². The molecule has 7 heteroatoms. The first-order valence-electron chi connectivity index (χ1n) is 7.48. The summed E-state index contributed by atoms with van der Waals surface area (Å²) >= 11 is 0. The van der Waals surface area contributed by atoms with Gasteiger partial charge in [0.2, 0.25) is 5.91 Å². The number of amides is 1. The average molecular weight is 327 g/mol. The lowest BCUT2D eigenvalue weighted by Crippen LogP contribution is -2.34. The maximum Gasteiger partial charge on any atom is 0.305 e. The summed E-state index contributed by atoms with van der Waals surface area (Å²) in [5.74, 6) is -3.48. The SMILES string of the molecule is CCOC1CC1C(=O)N(CCC(=O)O)Cc1ccc(F)c(F)c1. The van der Waals surface area contributed by atoms with E-state index in [2.05, 4.69) is 0 Å². The van der Waals surface area contributed by atoms with E-state index in [0.29, 0.717) is 18.6 Å². The van der Waals surface area contributed by atoms with E-state index in [1.165, 1.54) is 11.0 Å². The van der Waals surface area contributed by atoms with Crippen molar-refractivity contribution in [3.8, 4) is 0 Å². The Labute approximate surface area is 132 Å². The number of nitrogens with zero attached hydrogens (tertiary/aromatic N) is 1. The van der Waals surface area contributed by atoms with E-state index in [1.807, 2.05) is 6.92 Å². The van der Waals surface area contributed by atoms with Gasteiger partial charge in [-0.2, -0.15) is 0 Å². The van der Waals surface area contributed by atoms with E-state index >= 15 is 0 Å². The number of carboxylic acid groups (broad SMARTS) is 1. The quantitative estimate of drug-likeness (QED) is 0.795. The maximum atomic E-state index is 13.3. The fraction of sp³-hybridized carbons (Fsp3) is 0.500. The van der Waals surface area contributed by atoms with Gasteiger partial charge in [0.05, 0.1) is 18.4 Å². The smallest absolute Gasteiger partial charge is 0.305 e. The Kier molecular flexibility index (Phi) is 5.65. The van der Waals surface area contributed by atoms with Gasteiger partial charge in [-0.3, -0.25) is 9.59 Å². The lowest BCUT2D eigenvalue weighted by atomic mass is 10.2. The summed E-state index contributed by atoms with van der Waals surface area (Å²) in [6.45, 7) is 2.40. The second-order valence-electron chi connectivity index (χ2n) is 5.49. The molecular weight excluding hydrogens is 308 g/mol. The molecule has 2 rings (SSSR count). The number of aliphatic carboxylic acids is 1. The third-order valence-electron chi connectivity index (χ3n) is 3.69. The zero-order valence-electron chi connectivity index (χ0n) is 12.8. The van der Waals surface area contributed by atoms with Crippen LogP contribution in [0, 0.1) is 17.6 Å². The molecule has 1 N–H and O–H groups in total. The highest BCUT2D eigenvalue weighted by atomic mass is 19.2. The molecule has 0 heterocycles. The van der Waals surface area contributed by atoms with Crippen LogP contribution in [0.1, 0.15) is 25.3 Å². The summed E-state index contributed by atoms with van der Waals surface area (Å²) in [5.41, 5.74) is 0.413. The van der Waals surface area contributed by atoms with Gasteiger partial charge in [-0.15, -0.1) is 0 Å². The first-order chi connectivity index (χ1) is 10.9. The summed E-state index contributed by atoms with van der Waals surface area (Å²) in [7, 11) is 0. The van der Waals surface area contributed by atoms with Gasteiger partial charge in [0.15, 0.2) is 11.6 Å². The van der Waals surface area contributed by atoms with Gasteiger partial charge >= 0.3 is 5.97 Å². The molecule has 0 spiro atoms. The number of carbonyl (C=O) groups excluding carboxylic acids is 1. The van der Waals surface area contributed by atoms with Crippen LogP contribution in [0.15, 0.2) is 18.2 Å². The number of benzene rings is 1. The molecule has 1 aliphatic rings. The molecule has 1 aliphatic carbocycles. The van der Waals surface area contributed by atoms with Crippen LogP contribution in [-0.4, -0.2) is 41.1 Å². The van der Waals surface area contributed by atoms with Gasteiger partial charge < -0.3 is 14.7 Å². The minimum absolute atomic E-state index is 0.0164. The number of hydrogen-bond donors (Lipinski definition) is 1. The van der Waals surface area contributed by atoms with Crippen LogP contribution in [0.5, 0.6) is 0 Å². The largest absolute Gasteiger partial charge is 0.481 e. The minimum atomic E-state index is -1.02. The molecule has 0 bridgehead atoms. The molecule has 0 saturated heterocycles. The minimum Gasteiger partial charge on any atom is -0.481 e. The van der Waals surface area contributed by atoms with Crippen LogP contribution < -0.4 is 0 Å². The lowest BCUT2D eigenvalue weighted by molar-refractivity contribution is -0.139. The van der Waals surface area contributed by atoms with Crippen molar-refractivity contribution >= 4 is 11.9 Å². The zero-order valence-corrected chi connectivity index (χ0v) is 12.8. The summed E-state index contributed by atoms with van der Waals surface area (Å²) in [4.78, 5) is 24.6. The molecule has 5 nitrogen and oxygen atoms in total. The van der Waals surface area contributed by atoms with Crippen molar-refractivity contribution in [1.82, 2.24) is 4.90 Å². The third kappa shape index (κ3) is 4.72. The molecular formula is C16H19F2NO4. The highest BCUT2D eigenvalue weighted by Crippen LogP contribution is 2.35. The molecule has 0 aliphatic heterocycles. The van der Waals surface area contributed by atoms with Crippen molar-refractivity contribution < 1.29 is 28.2 Å². The number of carbonyl (C=O) groups is 2. The van der Waals surface area contributed by atoms with E-state index in [-0.39, 0.29) is 37.4 Å². The number of halogens is 2. The molecule has 2 unspecified atom stereocenters. The molecule has 23 heavy (non-hydrogen) atoms. The van der Waals surface area contributed by atoms with E-state index in [9.17, 15) is 18.4 Å². The average Bonchev–Trinajstić information content (AvgIpc) is 3.26. The Bertz CT molecular complexity index is 593. The summed E-state index contributed by atoms with van der Waals surface area (Å²) in [5, 5.41) is 8.81. The number of rotatable bonds is 8. The Morgan fingerprint density at radius 2 is 2.09 bits per heavy atom. The third-order valence-corrected chi connectivity index (χ3v) is 3.69. The first-order valence-corrected chi connectivity index (χ1v) is 7.48. The van der Waals surface area contributed by atoms with Crippen LogP contribution in [0.4, 0.5) is 8.78 Å². The van der Waals surface area contributed by atoms with Gasteiger partial charge in [0.25, 0.3) is 0 Å². The van der Waals surface area contributed by atoms with Gasteiger partial charge in [0.1, 0.15) is 0 Å². The second kappa shape index (κ2) is 7.50. The second-order valence-corrected chi connectivity index (χ2v) is 5.49. The highest BCUT2D eigenvalue weighted by molar-refractivity contribution is 5.82. The molecule has 1 saturated carbocycles. The summed E-state index contributed by atoms with van der Waals surface area (Å²) in [6, 6.07) is 3.39. The molecule has 1 fully saturated rings. The lowest BCUT2D eigenvalue weighted by Gasteiger charge is -2.22. The van der Waals surface area contributed by atoms with Crippen molar-refractivity contribution in [3.63, 3.8) is 0 Å². The van der Waals surface area contributed by atoms with Gasteiger partial charge in [0, 0.05) is 19.7 Å². The number of ether oxygens (including phenoxy) is 1. The monoisotopic (exact) mass is 327 g/mol. The van der Waals surface area contributed by atoms with Gasteiger partial charge in [-0.05, 0) is 31.0 Å². The molecule has 1 aromatic carbocycles. The predicted molar refractivity (Wildman–Crippen MR) is 77.5 cm³/mol. The van der Waals surface area contributed by atoms with Crippen molar-refractivity contribution in [2.24, 2.45) is 5.92 Å². The number of carboxylic acids is 1. The van der Waals surface area contributed by atoms with Crippen molar-refractivity contribution in [3.05, 3.63) is 35.4 Å². The Hall–Kier alpha value is -2.02. The van der Waals surface area contributed by atoms with Crippen LogP contribution in [-0.2, 0) is 20.9 Å². The predicted octanol–water partition coefficient (Wildman–Crippen LogP) is 2.19. The van der Waals surface area contributed by atoms with Crippen molar-refractivity contribution in [2.45, 2.75) is 32.4 Å². The number of hydrogen-bond acceptors (Lipinski definition) is 3. The fourth-order valence-electron chi connectivity index (χ4n) is 2.42. The maximum absolute atomic E-state index is 13.3. The van der Waals surface area contributed by atoms with Gasteiger partial charge in [-0.25, -0.2) is 8.78 Å². The molecule has 126 valence electrons. The Morgan fingerprint density at radius 1 is 1.35 bits per heavy atom. The standard InChI is InChI=1S/C16H19F2NO4/c1-2-23-14-8-11(14)16(22)19(6-5-15(20)21)9-10-3-4-12(17)13(18)7-10/h3-4,7,11,14H,2,5-6,8-9H2,1H3,(H,20,21). The summed E-state index contributed by atoms with van der Waals surface area (Å²) < 4.78 is 31.6. The fourth-order valence-corrected chi connectivity index (χ4v) is 2.42. The molecule has 2 atom stereocenters. The van der Waals surface area contributed by atoms with Crippen LogP contribution in [0.3, 0.4) is 0 Å². The van der Waals surface area contributed by atoms with Gasteiger partial charge in [-0.1, -0.05) is 6.07 Å². The van der Waals surface area contributed by atoms with Crippen LogP contribution >= 0.6 is 0 Å². The first kappa shape index (κ1) is 17.3. The van der Waals surface area contributed by atoms with Crippen molar-refractivity contribution in [1.29, 1.82) is 0 Å². The zero-order chi connectivity index (χ0) is 17.0. The van der Waals surface area contributed by atoms with E-state index in [0.717, 1.165) is 12.1 Å². The summed E-state index contributed by atoms with van der Waals surface area (Å²) in [6.07, 6.45) is 0.264. The molecule has 0 aromatic heterocycles. The van der Waals surface area contributed by atoms with E-state index in [1.54, 1.807) is 0 Å². The molecule has 1 aromatic rings. The Balaban J connectivity index is 2.05. The molecule has 0 radical (unpaired) electrons. The highest BCUT2D eigenvalue weighted by Gasteiger charge is 2.45. The van der Waals surface area contributed by atoms with Crippen molar-refractivity contribution in [2.75, 3.05) is 13.2 Å². The normalized spacial score (nSPS) is 19.4. The topological polar surface area (TPSA) is 66.8 Å². The van der Waals surface area contributed by atoms with Crippen LogP contribution in [0.25, 0.3) is 0 Å². The molecule has 1 amide bonds. The van der Waals surface area contributed by atoms with E-state index in [4.69, 9.17) is 9.84 Å². The Morgan fingerprint density at radius 3 is 2.70 bits per heavy atom. The van der Waals surface area contributed by atoms with E-state index < -0.39 is 17.6 Å².